The highest BCUT2D eigenvalue weighted by Crippen LogP contribution is 2.18. The molecule has 0 amide bonds. The molecule has 0 radical (unpaired) electrons. The Labute approximate surface area is 167 Å². The summed E-state index contributed by atoms with van der Waals surface area (Å²) < 4.78 is 5.62. The number of guanidine groups is 1. The molecule has 0 saturated carbocycles. The summed E-state index contributed by atoms with van der Waals surface area (Å²) in [6.07, 6.45) is 0.165. The van der Waals surface area contributed by atoms with Crippen molar-refractivity contribution in [2.75, 3.05) is 11.9 Å². The maximum absolute atomic E-state index is 5.98. The third-order valence-corrected chi connectivity index (χ3v) is 3.68. The first-order valence-electron chi connectivity index (χ1n) is 8.34. The van der Waals surface area contributed by atoms with E-state index in [1.54, 1.807) is 0 Å². The van der Waals surface area contributed by atoms with Gasteiger partial charge in [-0.3, -0.25) is 4.99 Å². The van der Waals surface area contributed by atoms with E-state index in [0.717, 1.165) is 11.4 Å². The second-order valence-electron chi connectivity index (χ2n) is 6.35. The molecule has 4 nitrogen and oxygen atoms in total. The fourth-order valence-corrected chi connectivity index (χ4v) is 2.31. The zero-order valence-electron chi connectivity index (χ0n) is 15.3. The van der Waals surface area contributed by atoms with Gasteiger partial charge in [-0.25, -0.2) is 0 Å². The second-order valence-corrected chi connectivity index (χ2v) is 6.35. The topological polar surface area (TPSA) is 59.6 Å². The number of halogens is 1. The van der Waals surface area contributed by atoms with E-state index in [9.17, 15) is 0 Å². The lowest BCUT2D eigenvalue weighted by Crippen LogP contribution is -2.23. The first-order valence-corrected chi connectivity index (χ1v) is 8.34. The van der Waals surface area contributed by atoms with Crippen molar-refractivity contribution < 1.29 is 4.74 Å². The molecule has 2 aromatic carbocycles. The van der Waals surface area contributed by atoms with Gasteiger partial charge in [-0.1, -0.05) is 36.8 Å². The SMILES string of the molecule is Cc1ccc(C(C)CN=C(N)Nc2ccc(OC(C)C)cc2)cc1.I. The Morgan fingerprint density at radius 1 is 1.04 bits per heavy atom. The van der Waals surface area contributed by atoms with Gasteiger partial charge in [0.2, 0.25) is 0 Å². The highest BCUT2D eigenvalue weighted by Gasteiger charge is 2.05. The number of aryl methyl sites for hydroxylation is 1. The third-order valence-electron chi connectivity index (χ3n) is 3.68. The van der Waals surface area contributed by atoms with Crippen molar-refractivity contribution in [1.82, 2.24) is 0 Å². The summed E-state index contributed by atoms with van der Waals surface area (Å²) in [7, 11) is 0. The molecule has 136 valence electrons. The Morgan fingerprint density at radius 3 is 2.20 bits per heavy atom. The van der Waals surface area contributed by atoms with Gasteiger partial charge in [-0.2, -0.15) is 0 Å². The lowest BCUT2D eigenvalue weighted by atomic mass is 10.0. The van der Waals surface area contributed by atoms with Crippen molar-refractivity contribution in [1.29, 1.82) is 0 Å². The maximum Gasteiger partial charge on any atom is 0.193 e. The van der Waals surface area contributed by atoms with Crippen LogP contribution in [0.15, 0.2) is 53.5 Å². The minimum atomic E-state index is 0. The number of aliphatic imine (C=N–C) groups is 1. The van der Waals surface area contributed by atoms with E-state index in [2.05, 4.69) is 48.4 Å². The average molecular weight is 453 g/mol. The Hall–Kier alpha value is -1.76. The summed E-state index contributed by atoms with van der Waals surface area (Å²) in [5.41, 5.74) is 9.42. The molecule has 0 fully saturated rings. The van der Waals surface area contributed by atoms with E-state index in [4.69, 9.17) is 10.5 Å². The van der Waals surface area contributed by atoms with Crippen molar-refractivity contribution >= 4 is 35.6 Å². The van der Waals surface area contributed by atoms with Crippen LogP contribution in [0.5, 0.6) is 5.75 Å². The van der Waals surface area contributed by atoms with Gasteiger partial charge in [-0.15, -0.1) is 24.0 Å². The summed E-state index contributed by atoms with van der Waals surface area (Å²) in [6, 6.07) is 16.2. The monoisotopic (exact) mass is 453 g/mol. The first-order chi connectivity index (χ1) is 11.4. The van der Waals surface area contributed by atoms with Crippen LogP contribution >= 0.6 is 24.0 Å². The van der Waals surface area contributed by atoms with Crippen LogP contribution in [-0.4, -0.2) is 18.6 Å². The molecule has 0 spiro atoms. The molecular weight excluding hydrogens is 425 g/mol. The van der Waals surface area contributed by atoms with E-state index < -0.39 is 0 Å². The molecule has 2 rings (SSSR count). The number of hydrogen-bond acceptors (Lipinski definition) is 2. The second kappa shape index (κ2) is 10.3. The predicted molar refractivity (Wildman–Crippen MR) is 117 cm³/mol. The number of hydrogen-bond donors (Lipinski definition) is 2. The molecule has 2 aromatic rings. The van der Waals surface area contributed by atoms with Gasteiger partial charge in [0, 0.05) is 18.2 Å². The highest BCUT2D eigenvalue weighted by molar-refractivity contribution is 14.0. The van der Waals surface area contributed by atoms with Crippen molar-refractivity contribution in [3.8, 4) is 5.75 Å². The Bertz CT molecular complexity index is 666. The normalized spacial score (nSPS) is 12.4. The molecule has 3 N–H and O–H groups in total. The Balaban J connectivity index is 0.00000312. The zero-order valence-corrected chi connectivity index (χ0v) is 17.7. The third kappa shape index (κ3) is 7.34. The minimum absolute atomic E-state index is 0. The van der Waals surface area contributed by atoms with Crippen molar-refractivity contribution in [3.63, 3.8) is 0 Å². The predicted octanol–water partition coefficient (Wildman–Crippen LogP) is 4.93. The standard InChI is InChI=1S/C20H27N3O.HI/c1-14(2)24-19-11-9-18(10-12-19)23-20(21)22-13-16(4)17-7-5-15(3)6-8-17;/h5-12,14,16H,13H2,1-4H3,(H3,21,22,23);1H. The number of nitrogens with zero attached hydrogens (tertiary/aromatic N) is 1. The van der Waals surface area contributed by atoms with Gasteiger partial charge in [0.05, 0.1) is 6.10 Å². The molecule has 0 aliphatic carbocycles. The molecule has 0 heterocycles. The smallest absolute Gasteiger partial charge is 0.193 e. The van der Waals surface area contributed by atoms with Gasteiger partial charge >= 0.3 is 0 Å². The Morgan fingerprint density at radius 2 is 1.64 bits per heavy atom. The number of nitrogens with two attached hydrogens (primary N) is 1. The van der Waals surface area contributed by atoms with Crippen LogP contribution in [0.4, 0.5) is 5.69 Å². The molecule has 0 aliphatic heterocycles. The Kier molecular flexibility index (Phi) is 8.75. The molecule has 0 aliphatic rings. The minimum Gasteiger partial charge on any atom is -0.491 e. The summed E-state index contributed by atoms with van der Waals surface area (Å²) in [6.45, 7) is 8.90. The van der Waals surface area contributed by atoms with Crippen LogP contribution in [0.1, 0.15) is 37.8 Å². The fourth-order valence-electron chi connectivity index (χ4n) is 2.31. The van der Waals surface area contributed by atoms with Crippen molar-refractivity contribution in [2.45, 2.75) is 39.7 Å². The molecular formula is C20H28IN3O. The number of nitrogens with one attached hydrogen (secondary N) is 1. The van der Waals surface area contributed by atoms with Crippen LogP contribution in [0.25, 0.3) is 0 Å². The van der Waals surface area contributed by atoms with Crippen LogP contribution in [0.3, 0.4) is 0 Å². The van der Waals surface area contributed by atoms with Gasteiger partial charge < -0.3 is 15.8 Å². The first kappa shape index (κ1) is 21.3. The highest BCUT2D eigenvalue weighted by atomic mass is 127. The molecule has 25 heavy (non-hydrogen) atoms. The van der Waals surface area contributed by atoms with E-state index >= 15 is 0 Å². The quantitative estimate of drug-likeness (QED) is 0.371. The average Bonchev–Trinajstić information content (AvgIpc) is 2.54. The molecule has 1 atom stereocenters. The van der Waals surface area contributed by atoms with Crippen molar-refractivity contribution in [2.24, 2.45) is 10.7 Å². The van der Waals surface area contributed by atoms with Crippen molar-refractivity contribution in [3.05, 3.63) is 59.7 Å². The fraction of sp³-hybridized carbons (Fsp3) is 0.350. The molecule has 0 aromatic heterocycles. The molecule has 5 heteroatoms. The molecule has 0 saturated heterocycles. The number of benzene rings is 2. The number of rotatable bonds is 6. The van der Waals surface area contributed by atoms with Gasteiger partial charge in [0.25, 0.3) is 0 Å². The van der Waals surface area contributed by atoms with Gasteiger partial charge in [0.1, 0.15) is 5.75 Å². The van der Waals surface area contributed by atoms with Crippen LogP contribution in [-0.2, 0) is 0 Å². The largest absolute Gasteiger partial charge is 0.491 e. The van der Waals surface area contributed by atoms with Gasteiger partial charge in [0.15, 0.2) is 5.96 Å². The number of anilines is 1. The van der Waals surface area contributed by atoms with Crippen LogP contribution in [0, 0.1) is 6.92 Å². The zero-order chi connectivity index (χ0) is 17.5. The lowest BCUT2D eigenvalue weighted by molar-refractivity contribution is 0.242. The van der Waals surface area contributed by atoms with E-state index in [0.29, 0.717) is 18.4 Å². The molecule has 0 bridgehead atoms. The summed E-state index contributed by atoms with van der Waals surface area (Å²) in [5, 5.41) is 3.11. The summed E-state index contributed by atoms with van der Waals surface area (Å²) in [4.78, 5) is 4.44. The van der Waals surface area contributed by atoms with Crippen LogP contribution in [0.2, 0.25) is 0 Å². The molecule has 1 unspecified atom stereocenters. The number of ether oxygens (including phenoxy) is 1. The van der Waals surface area contributed by atoms with E-state index in [1.165, 1.54) is 11.1 Å². The van der Waals surface area contributed by atoms with E-state index in [-0.39, 0.29) is 30.1 Å². The lowest BCUT2D eigenvalue weighted by Gasteiger charge is -2.12. The summed E-state index contributed by atoms with van der Waals surface area (Å²) in [5.74, 6) is 1.60. The van der Waals surface area contributed by atoms with Crippen LogP contribution < -0.4 is 15.8 Å². The maximum atomic E-state index is 5.98. The van der Waals surface area contributed by atoms with Gasteiger partial charge in [-0.05, 0) is 50.6 Å². The summed E-state index contributed by atoms with van der Waals surface area (Å²) >= 11 is 0. The van der Waals surface area contributed by atoms with E-state index in [1.807, 2.05) is 38.1 Å².